The maximum atomic E-state index is 12.4. The van der Waals surface area contributed by atoms with Crippen LogP contribution in [0.3, 0.4) is 0 Å². The quantitative estimate of drug-likeness (QED) is 0.716. The Balaban J connectivity index is 1.99. The van der Waals surface area contributed by atoms with Gasteiger partial charge in [-0.2, -0.15) is 0 Å². The molecule has 3 atom stereocenters. The van der Waals surface area contributed by atoms with Crippen LogP contribution in [0.5, 0.6) is 0 Å². The van der Waals surface area contributed by atoms with Crippen LogP contribution in [-0.4, -0.2) is 34.6 Å². The van der Waals surface area contributed by atoms with Gasteiger partial charge < -0.3 is 15.7 Å². The normalized spacial score (nSPS) is 29.8. The van der Waals surface area contributed by atoms with E-state index in [1.165, 1.54) is 19.3 Å². The van der Waals surface area contributed by atoms with Gasteiger partial charge in [-0.25, -0.2) is 4.79 Å². The van der Waals surface area contributed by atoms with Crippen LogP contribution in [0.15, 0.2) is 0 Å². The summed E-state index contributed by atoms with van der Waals surface area (Å²) in [6.45, 7) is 3.61. The van der Waals surface area contributed by atoms with Crippen molar-refractivity contribution in [1.29, 1.82) is 0 Å². The number of rotatable bonds is 5. The van der Waals surface area contributed by atoms with E-state index in [9.17, 15) is 14.7 Å². The van der Waals surface area contributed by atoms with Crippen molar-refractivity contribution in [3.8, 4) is 0 Å². The fourth-order valence-electron chi connectivity index (χ4n) is 3.63. The molecule has 114 valence electrons. The summed E-state index contributed by atoms with van der Waals surface area (Å²) in [6.07, 6.45) is 6.47. The van der Waals surface area contributed by atoms with E-state index < -0.39 is 11.5 Å². The second-order valence-corrected chi connectivity index (χ2v) is 6.19. The van der Waals surface area contributed by atoms with E-state index in [0.29, 0.717) is 24.8 Å². The number of carboxylic acids is 1. The van der Waals surface area contributed by atoms with Crippen LogP contribution in [0, 0.1) is 5.92 Å². The van der Waals surface area contributed by atoms with Crippen molar-refractivity contribution < 1.29 is 14.7 Å². The predicted octanol–water partition coefficient (Wildman–Crippen LogP) is 1.67. The van der Waals surface area contributed by atoms with E-state index in [1.54, 1.807) is 13.8 Å². The molecule has 0 bridgehead atoms. The summed E-state index contributed by atoms with van der Waals surface area (Å²) in [5.41, 5.74) is -1.12. The Bertz CT molecular complexity index is 365. The van der Waals surface area contributed by atoms with E-state index >= 15 is 0 Å². The molecule has 1 amide bonds. The zero-order valence-corrected chi connectivity index (χ0v) is 12.4. The summed E-state index contributed by atoms with van der Waals surface area (Å²) >= 11 is 0. The van der Waals surface area contributed by atoms with Crippen LogP contribution in [0.4, 0.5) is 0 Å². The highest BCUT2D eigenvalue weighted by atomic mass is 16.4. The largest absolute Gasteiger partial charge is 0.480 e. The maximum Gasteiger partial charge on any atom is 0.329 e. The Morgan fingerprint density at radius 3 is 2.45 bits per heavy atom. The van der Waals surface area contributed by atoms with Crippen molar-refractivity contribution in [3.63, 3.8) is 0 Å². The molecule has 1 aliphatic carbocycles. The Hall–Kier alpha value is -1.10. The Kier molecular flexibility index (Phi) is 4.68. The molecule has 0 aromatic rings. The van der Waals surface area contributed by atoms with Crippen LogP contribution in [-0.2, 0) is 9.59 Å². The fraction of sp³-hybridized carbons (Fsp3) is 0.867. The molecule has 1 saturated carbocycles. The topological polar surface area (TPSA) is 78.4 Å². The minimum absolute atomic E-state index is 0.148. The molecule has 1 aliphatic heterocycles. The van der Waals surface area contributed by atoms with Gasteiger partial charge in [-0.15, -0.1) is 0 Å². The number of aliphatic carboxylic acids is 1. The minimum atomic E-state index is -1.12. The average molecular weight is 282 g/mol. The number of amides is 1. The maximum absolute atomic E-state index is 12.4. The fourth-order valence-corrected chi connectivity index (χ4v) is 3.63. The minimum Gasteiger partial charge on any atom is -0.480 e. The SMILES string of the molecule is CCC(CC)(NC(=O)C1CC2CCCCC2N1)C(=O)O. The van der Waals surface area contributed by atoms with Gasteiger partial charge in [0.15, 0.2) is 0 Å². The number of nitrogens with one attached hydrogen (secondary N) is 2. The average Bonchev–Trinajstić information content (AvgIpc) is 2.88. The molecule has 0 aromatic heterocycles. The highest BCUT2D eigenvalue weighted by Crippen LogP contribution is 2.33. The predicted molar refractivity (Wildman–Crippen MR) is 76.4 cm³/mol. The first-order valence-corrected chi connectivity index (χ1v) is 7.84. The van der Waals surface area contributed by atoms with Gasteiger partial charge in [0.1, 0.15) is 5.54 Å². The van der Waals surface area contributed by atoms with Gasteiger partial charge in [0.25, 0.3) is 0 Å². The van der Waals surface area contributed by atoms with Gasteiger partial charge in [0, 0.05) is 6.04 Å². The third-order valence-electron chi connectivity index (χ3n) is 5.16. The van der Waals surface area contributed by atoms with Crippen LogP contribution in [0.25, 0.3) is 0 Å². The number of fused-ring (bicyclic) bond motifs is 1. The van der Waals surface area contributed by atoms with Crippen molar-refractivity contribution in [1.82, 2.24) is 10.6 Å². The lowest BCUT2D eigenvalue weighted by molar-refractivity contribution is -0.148. The number of carbonyl (C=O) groups is 2. The molecule has 20 heavy (non-hydrogen) atoms. The first-order chi connectivity index (χ1) is 9.52. The second-order valence-electron chi connectivity index (χ2n) is 6.19. The molecular formula is C15H26N2O3. The van der Waals surface area contributed by atoms with Gasteiger partial charge >= 0.3 is 5.97 Å². The molecule has 5 heteroatoms. The summed E-state index contributed by atoms with van der Waals surface area (Å²) < 4.78 is 0. The molecule has 1 heterocycles. The molecule has 2 rings (SSSR count). The second kappa shape index (κ2) is 6.12. The summed E-state index contributed by atoms with van der Waals surface area (Å²) in [5, 5.41) is 15.6. The molecule has 3 N–H and O–H groups in total. The molecular weight excluding hydrogens is 256 g/mol. The summed E-state index contributed by atoms with van der Waals surface area (Å²) in [7, 11) is 0. The van der Waals surface area contributed by atoms with Gasteiger partial charge in [-0.3, -0.25) is 4.79 Å². The van der Waals surface area contributed by atoms with E-state index in [4.69, 9.17) is 0 Å². The number of carbonyl (C=O) groups excluding carboxylic acids is 1. The Morgan fingerprint density at radius 1 is 1.25 bits per heavy atom. The molecule has 3 unspecified atom stereocenters. The monoisotopic (exact) mass is 282 g/mol. The zero-order valence-electron chi connectivity index (χ0n) is 12.4. The van der Waals surface area contributed by atoms with Crippen molar-refractivity contribution in [2.75, 3.05) is 0 Å². The zero-order chi connectivity index (χ0) is 14.8. The van der Waals surface area contributed by atoms with Gasteiger partial charge in [0.2, 0.25) is 5.91 Å². The third kappa shape index (κ3) is 2.82. The summed E-state index contributed by atoms with van der Waals surface area (Å²) in [5.74, 6) is -0.501. The molecule has 0 aromatic carbocycles. The van der Waals surface area contributed by atoms with Crippen molar-refractivity contribution in [2.45, 2.75) is 76.4 Å². The molecule has 0 radical (unpaired) electrons. The third-order valence-corrected chi connectivity index (χ3v) is 5.16. The molecule has 1 saturated heterocycles. The highest BCUT2D eigenvalue weighted by Gasteiger charge is 2.42. The number of hydrogen-bond acceptors (Lipinski definition) is 3. The first kappa shape index (κ1) is 15.3. The van der Waals surface area contributed by atoms with Crippen LogP contribution < -0.4 is 10.6 Å². The van der Waals surface area contributed by atoms with Crippen molar-refractivity contribution in [3.05, 3.63) is 0 Å². The lowest BCUT2D eigenvalue weighted by Crippen LogP contribution is -2.57. The van der Waals surface area contributed by atoms with E-state index in [0.717, 1.165) is 12.8 Å². The lowest BCUT2D eigenvalue weighted by atomic mass is 9.85. The summed E-state index contributed by atoms with van der Waals surface area (Å²) in [6, 6.07) is 0.224. The van der Waals surface area contributed by atoms with E-state index in [1.807, 2.05) is 0 Å². The number of carboxylic acid groups (broad SMARTS) is 1. The highest BCUT2D eigenvalue weighted by molar-refractivity contribution is 5.89. The Morgan fingerprint density at radius 2 is 1.90 bits per heavy atom. The smallest absolute Gasteiger partial charge is 0.329 e. The van der Waals surface area contributed by atoms with Crippen LogP contribution in [0.2, 0.25) is 0 Å². The summed E-state index contributed by atoms with van der Waals surface area (Å²) in [4.78, 5) is 23.8. The molecule has 2 fully saturated rings. The molecule has 0 spiro atoms. The van der Waals surface area contributed by atoms with Gasteiger partial charge in [-0.05, 0) is 38.0 Å². The van der Waals surface area contributed by atoms with E-state index in [2.05, 4.69) is 10.6 Å². The van der Waals surface area contributed by atoms with E-state index in [-0.39, 0.29) is 11.9 Å². The molecule has 5 nitrogen and oxygen atoms in total. The Labute approximate surface area is 120 Å². The van der Waals surface area contributed by atoms with Crippen molar-refractivity contribution in [2.24, 2.45) is 5.92 Å². The van der Waals surface area contributed by atoms with Gasteiger partial charge in [0.05, 0.1) is 6.04 Å². The van der Waals surface area contributed by atoms with Gasteiger partial charge in [-0.1, -0.05) is 26.7 Å². The standard InChI is InChI=1S/C15H26N2O3/c1-3-15(4-2,14(19)20)17-13(18)12-9-10-7-5-6-8-11(10)16-12/h10-12,16H,3-9H2,1-2H3,(H,17,18)(H,19,20). The van der Waals surface area contributed by atoms with Crippen molar-refractivity contribution >= 4 is 11.9 Å². The molecule has 2 aliphatic rings. The van der Waals surface area contributed by atoms with Crippen LogP contribution >= 0.6 is 0 Å². The lowest BCUT2D eigenvalue weighted by Gasteiger charge is -2.29. The first-order valence-electron chi connectivity index (χ1n) is 7.84. The van der Waals surface area contributed by atoms with Crippen LogP contribution in [0.1, 0.15) is 58.8 Å². The number of hydrogen-bond donors (Lipinski definition) is 3.